The summed E-state index contributed by atoms with van der Waals surface area (Å²) < 4.78 is 6.79. The summed E-state index contributed by atoms with van der Waals surface area (Å²) in [7, 11) is 1.87. The molecule has 18 heavy (non-hydrogen) atoms. The van der Waals surface area contributed by atoms with E-state index in [0.717, 1.165) is 11.3 Å². The molecule has 2 aromatic heterocycles. The fraction of sp³-hybridized carbons (Fsp3) is 0.364. The van der Waals surface area contributed by atoms with Crippen molar-refractivity contribution < 1.29 is 9.34 Å². The Morgan fingerprint density at radius 2 is 2.28 bits per heavy atom. The standard InChI is InChI=1S/C11H14N4O3/c1-8-9(7-14(2)13-8)5-12-6-10-3-4-11(18-10)15(16)17/h3-4,7,12H,5-6H2,1-2H3. The van der Waals surface area contributed by atoms with Crippen molar-refractivity contribution in [1.82, 2.24) is 15.1 Å². The monoisotopic (exact) mass is 250 g/mol. The maximum atomic E-state index is 10.4. The second kappa shape index (κ2) is 5.01. The Morgan fingerprint density at radius 3 is 2.83 bits per heavy atom. The Kier molecular flexibility index (Phi) is 3.42. The van der Waals surface area contributed by atoms with Crippen LogP contribution in [0.25, 0.3) is 0 Å². The Labute approximate surface area is 104 Å². The largest absolute Gasteiger partial charge is 0.433 e. The van der Waals surface area contributed by atoms with Crippen molar-refractivity contribution in [3.8, 4) is 0 Å². The molecule has 96 valence electrons. The maximum absolute atomic E-state index is 10.4. The van der Waals surface area contributed by atoms with Gasteiger partial charge in [0.25, 0.3) is 0 Å². The summed E-state index contributed by atoms with van der Waals surface area (Å²) in [6.45, 7) is 3.03. The predicted molar refractivity (Wildman–Crippen MR) is 63.9 cm³/mol. The van der Waals surface area contributed by atoms with Crippen LogP contribution >= 0.6 is 0 Å². The summed E-state index contributed by atoms with van der Waals surface area (Å²) in [4.78, 5) is 9.89. The van der Waals surface area contributed by atoms with Crippen LogP contribution in [0.4, 0.5) is 5.88 Å². The zero-order chi connectivity index (χ0) is 13.1. The lowest BCUT2D eigenvalue weighted by molar-refractivity contribution is -0.402. The van der Waals surface area contributed by atoms with Gasteiger partial charge in [-0.1, -0.05) is 0 Å². The van der Waals surface area contributed by atoms with Crippen molar-refractivity contribution in [2.24, 2.45) is 7.05 Å². The van der Waals surface area contributed by atoms with E-state index in [1.54, 1.807) is 10.7 Å². The molecule has 0 radical (unpaired) electrons. The number of nitrogens with one attached hydrogen (secondary N) is 1. The van der Waals surface area contributed by atoms with Gasteiger partial charge in [-0.05, 0) is 13.0 Å². The van der Waals surface area contributed by atoms with E-state index in [1.807, 2.05) is 20.2 Å². The van der Waals surface area contributed by atoms with Crippen LogP contribution in [-0.4, -0.2) is 14.7 Å². The van der Waals surface area contributed by atoms with E-state index >= 15 is 0 Å². The van der Waals surface area contributed by atoms with Gasteiger partial charge in [0.1, 0.15) is 10.7 Å². The lowest BCUT2D eigenvalue weighted by Gasteiger charge is -2.00. The first-order valence-electron chi connectivity index (χ1n) is 5.49. The van der Waals surface area contributed by atoms with Gasteiger partial charge in [0.2, 0.25) is 0 Å². The van der Waals surface area contributed by atoms with Crippen LogP contribution < -0.4 is 5.32 Å². The van der Waals surface area contributed by atoms with Gasteiger partial charge in [-0.15, -0.1) is 0 Å². The molecule has 0 amide bonds. The summed E-state index contributed by atoms with van der Waals surface area (Å²) in [5, 5.41) is 17.8. The van der Waals surface area contributed by atoms with Crippen molar-refractivity contribution in [3.63, 3.8) is 0 Å². The van der Waals surface area contributed by atoms with Crippen LogP contribution in [0, 0.1) is 17.0 Å². The molecule has 0 aliphatic heterocycles. The SMILES string of the molecule is Cc1nn(C)cc1CNCc1ccc([N+](=O)[O-])o1. The summed E-state index contributed by atoms with van der Waals surface area (Å²) in [6, 6.07) is 2.95. The molecule has 7 heteroatoms. The average Bonchev–Trinajstić information content (AvgIpc) is 2.87. The van der Waals surface area contributed by atoms with E-state index in [-0.39, 0.29) is 5.88 Å². The highest BCUT2D eigenvalue weighted by Crippen LogP contribution is 2.15. The quantitative estimate of drug-likeness (QED) is 0.642. The van der Waals surface area contributed by atoms with E-state index in [1.165, 1.54) is 6.07 Å². The highest BCUT2D eigenvalue weighted by atomic mass is 16.6. The number of nitro groups is 1. The number of rotatable bonds is 5. The molecule has 7 nitrogen and oxygen atoms in total. The van der Waals surface area contributed by atoms with Gasteiger partial charge in [-0.3, -0.25) is 14.8 Å². The van der Waals surface area contributed by atoms with Crippen molar-refractivity contribution >= 4 is 5.88 Å². The van der Waals surface area contributed by atoms with Gasteiger partial charge in [0, 0.05) is 25.4 Å². The Morgan fingerprint density at radius 1 is 1.50 bits per heavy atom. The number of hydrogen-bond donors (Lipinski definition) is 1. The molecule has 0 aliphatic carbocycles. The molecule has 0 unspecified atom stereocenters. The topological polar surface area (TPSA) is 86.1 Å². The number of aromatic nitrogens is 2. The van der Waals surface area contributed by atoms with Gasteiger partial charge < -0.3 is 9.73 Å². The molecule has 2 rings (SSSR count). The van der Waals surface area contributed by atoms with Gasteiger partial charge in [0.15, 0.2) is 0 Å². The zero-order valence-electron chi connectivity index (χ0n) is 10.2. The smallest absolute Gasteiger partial charge is 0.404 e. The summed E-state index contributed by atoms with van der Waals surface area (Å²) in [5.41, 5.74) is 2.06. The molecule has 0 saturated heterocycles. The Hall–Kier alpha value is -2.15. The average molecular weight is 250 g/mol. The minimum atomic E-state index is -0.547. The lowest BCUT2D eigenvalue weighted by Crippen LogP contribution is -2.12. The molecule has 0 bridgehead atoms. The minimum Gasteiger partial charge on any atom is -0.404 e. The zero-order valence-corrected chi connectivity index (χ0v) is 10.2. The molecular formula is C11H14N4O3. The Balaban J connectivity index is 1.88. The molecule has 0 spiro atoms. The normalized spacial score (nSPS) is 10.8. The molecular weight excluding hydrogens is 236 g/mol. The molecule has 2 heterocycles. The van der Waals surface area contributed by atoms with E-state index in [0.29, 0.717) is 18.8 Å². The van der Waals surface area contributed by atoms with Gasteiger partial charge in [0.05, 0.1) is 18.3 Å². The second-order valence-corrected chi connectivity index (χ2v) is 4.01. The third-order valence-corrected chi connectivity index (χ3v) is 2.56. The van der Waals surface area contributed by atoms with Crippen LogP contribution in [0.1, 0.15) is 17.0 Å². The van der Waals surface area contributed by atoms with Crippen LogP contribution in [0.3, 0.4) is 0 Å². The first-order chi connectivity index (χ1) is 8.56. The van der Waals surface area contributed by atoms with Crippen molar-refractivity contribution in [2.45, 2.75) is 20.0 Å². The fourth-order valence-electron chi connectivity index (χ4n) is 1.70. The maximum Gasteiger partial charge on any atom is 0.433 e. The van der Waals surface area contributed by atoms with Gasteiger partial charge in [-0.25, -0.2) is 0 Å². The molecule has 0 atom stereocenters. The summed E-state index contributed by atoms with van der Waals surface area (Å²) in [5.74, 6) is 0.313. The van der Waals surface area contributed by atoms with Crippen LogP contribution in [0.15, 0.2) is 22.7 Å². The van der Waals surface area contributed by atoms with E-state index in [9.17, 15) is 10.1 Å². The van der Waals surface area contributed by atoms with E-state index in [4.69, 9.17) is 4.42 Å². The van der Waals surface area contributed by atoms with Crippen molar-refractivity contribution in [3.05, 3.63) is 45.5 Å². The van der Waals surface area contributed by atoms with Crippen LogP contribution in [0.2, 0.25) is 0 Å². The highest BCUT2D eigenvalue weighted by Gasteiger charge is 2.11. The lowest BCUT2D eigenvalue weighted by atomic mass is 10.2. The van der Waals surface area contributed by atoms with Crippen LogP contribution in [-0.2, 0) is 20.1 Å². The van der Waals surface area contributed by atoms with Gasteiger partial charge in [-0.2, -0.15) is 5.10 Å². The van der Waals surface area contributed by atoms with Gasteiger partial charge >= 0.3 is 5.88 Å². The molecule has 0 fully saturated rings. The molecule has 1 N–H and O–H groups in total. The summed E-state index contributed by atoms with van der Waals surface area (Å²) >= 11 is 0. The molecule has 2 aromatic rings. The fourth-order valence-corrected chi connectivity index (χ4v) is 1.70. The molecule has 0 aromatic carbocycles. The summed E-state index contributed by atoms with van der Waals surface area (Å²) in [6.07, 6.45) is 1.94. The first-order valence-corrected chi connectivity index (χ1v) is 5.49. The highest BCUT2D eigenvalue weighted by molar-refractivity contribution is 5.18. The third-order valence-electron chi connectivity index (χ3n) is 2.56. The Bertz CT molecular complexity index is 558. The first kappa shape index (κ1) is 12.3. The van der Waals surface area contributed by atoms with Crippen molar-refractivity contribution in [2.75, 3.05) is 0 Å². The molecule has 0 saturated carbocycles. The predicted octanol–water partition coefficient (Wildman–Crippen LogP) is 1.52. The number of hydrogen-bond acceptors (Lipinski definition) is 5. The number of aryl methyl sites for hydroxylation is 2. The van der Waals surface area contributed by atoms with Crippen molar-refractivity contribution in [1.29, 1.82) is 0 Å². The number of furan rings is 1. The minimum absolute atomic E-state index is 0.232. The second-order valence-electron chi connectivity index (χ2n) is 4.01. The third kappa shape index (κ3) is 2.75. The van der Waals surface area contributed by atoms with E-state index in [2.05, 4.69) is 10.4 Å². The van der Waals surface area contributed by atoms with Crippen LogP contribution in [0.5, 0.6) is 0 Å². The molecule has 0 aliphatic rings. The number of nitrogens with zero attached hydrogens (tertiary/aromatic N) is 3. The van der Waals surface area contributed by atoms with E-state index < -0.39 is 4.92 Å².